The molecule has 1 amide bonds. The summed E-state index contributed by atoms with van der Waals surface area (Å²) in [5, 5.41) is 11.2. The van der Waals surface area contributed by atoms with E-state index < -0.39 is 28.4 Å². The van der Waals surface area contributed by atoms with E-state index in [0.29, 0.717) is 0 Å². The number of aliphatic carboxylic acids is 1. The normalized spacial score (nSPS) is 11.9. The van der Waals surface area contributed by atoms with Gasteiger partial charge in [0, 0.05) is 16.5 Å². The molecule has 0 spiro atoms. The predicted octanol–water partition coefficient (Wildman–Crippen LogP) is 1.33. The zero-order chi connectivity index (χ0) is 14.4. The molecule has 0 unspecified atom stereocenters. The minimum absolute atomic E-state index is 0.302. The molecule has 6 heteroatoms. The van der Waals surface area contributed by atoms with Crippen molar-refractivity contribution in [3.8, 4) is 0 Å². The molecule has 1 rings (SSSR count). The van der Waals surface area contributed by atoms with Gasteiger partial charge in [0.25, 0.3) is 0 Å². The monoisotopic (exact) mass is 283 g/mol. The highest BCUT2D eigenvalue weighted by Crippen LogP contribution is 2.20. The molecule has 0 aromatic heterocycles. The zero-order valence-corrected chi connectivity index (χ0v) is 11.8. The molecule has 2 N–H and O–H groups in total. The number of para-hydroxylation sites is 1. The van der Waals surface area contributed by atoms with E-state index in [1.165, 1.54) is 0 Å². The molecular weight excluding hydrogens is 266 g/mol. The van der Waals surface area contributed by atoms with Crippen molar-refractivity contribution in [3.05, 3.63) is 29.3 Å². The molecule has 19 heavy (non-hydrogen) atoms. The maximum Gasteiger partial charge on any atom is 0.316 e. The Morgan fingerprint density at radius 3 is 2.58 bits per heavy atom. The third-order valence-corrected chi connectivity index (χ3v) is 3.73. The topological polar surface area (TPSA) is 83.5 Å². The van der Waals surface area contributed by atoms with Gasteiger partial charge in [-0.25, -0.2) is 0 Å². The van der Waals surface area contributed by atoms with Crippen LogP contribution in [0.4, 0.5) is 5.69 Å². The molecule has 0 radical (unpaired) electrons. The molecule has 0 saturated carbocycles. The third-order valence-electron chi connectivity index (χ3n) is 2.58. The van der Waals surface area contributed by atoms with Gasteiger partial charge in [-0.15, -0.1) is 0 Å². The molecule has 1 aromatic carbocycles. The van der Waals surface area contributed by atoms with E-state index in [0.717, 1.165) is 23.2 Å². The fourth-order valence-electron chi connectivity index (χ4n) is 1.71. The second-order valence-corrected chi connectivity index (χ2v) is 5.59. The third kappa shape index (κ3) is 4.82. The number of carboxylic acids is 1. The van der Waals surface area contributed by atoms with Crippen LogP contribution in [0.1, 0.15) is 18.1 Å². The van der Waals surface area contributed by atoms with Crippen molar-refractivity contribution in [2.24, 2.45) is 0 Å². The average molecular weight is 283 g/mol. The Morgan fingerprint density at radius 2 is 2.00 bits per heavy atom. The average Bonchev–Trinajstić information content (AvgIpc) is 2.30. The van der Waals surface area contributed by atoms with Crippen molar-refractivity contribution in [3.63, 3.8) is 0 Å². The summed E-state index contributed by atoms with van der Waals surface area (Å²) in [6.07, 6.45) is 0.773. The van der Waals surface area contributed by atoms with E-state index in [2.05, 4.69) is 5.32 Å². The number of carbonyl (C=O) groups excluding carboxylic acids is 1. The number of aryl methyl sites for hydroxylation is 2. The van der Waals surface area contributed by atoms with Gasteiger partial charge in [0.2, 0.25) is 5.91 Å². The molecule has 0 heterocycles. The number of hydrogen-bond donors (Lipinski definition) is 2. The van der Waals surface area contributed by atoms with Gasteiger partial charge in [-0.1, -0.05) is 25.1 Å². The highest BCUT2D eigenvalue weighted by molar-refractivity contribution is 7.86. The summed E-state index contributed by atoms with van der Waals surface area (Å²) >= 11 is 0. The van der Waals surface area contributed by atoms with Gasteiger partial charge < -0.3 is 10.4 Å². The predicted molar refractivity (Wildman–Crippen MR) is 74.7 cm³/mol. The minimum atomic E-state index is -1.68. The van der Waals surface area contributed by atoms with Gasteiger partial charge in [0.15, 0.2) is 0 Å². The number of carboxylic acid groups (broad SMARTS) is 1. The Labute approximate surface area is 114 Å². The largest absolute Gasteiger partial charge is 0.481 e. The first-order valence-corrected chi connectivity index (χ1v) is 7.38. The first-order valence-electron chi connectivity index (χ1n) is 5.89. The van der Waals surface area contributed by atoms with Crippen LogP contribution in [0.2, 0.25) is 0 Å². The summed E-state index contributed by atoms with van der Waals surface area (Å²) in [5.74, 6) is -2.41. The summed E-state index contributed by atoms with van der Waals surface area (Å²) in [6.45, 7) is 3.86. The molecule has 1 atom stereocenters. The second kappa shape index (κ2) is 7.04. The number of anilines is 1. The van der Waals surface area contributed by atoms with Crippen LogP contribution in [0.25, 0.3) is 0 Å². The summed E-state index contributed by atoms with van der Waals surface area (Å²) in [7, 11) is -1.68. The van der Waals surface area contributed by atoms with Crippen LogP contribution in [0, 0.1) is 6.92 Å². The summed E-state index contributed by atoms with van der Waals surface area (Å²) in [6, 6.07) is 5.70. The molecule has 0 aliphatic carbocycles. The maximum absolute atomic E-state index is 11.7. The smallest absolute Gasteiger partial charge is 0.316 e. The van der Waals surface area contributed by atoms with Crippen molar-refractivity contribution in [2.75, 3.05) is 16.8 Å². The fourth-order valence-corrected chi connectivity index (χ4v) is 2.45. The van der Waals surface area contributed by atoms with Crippen LogP contribution in [0.3, 0.4) is 0 Å². The SMILES string of the molecule is CCc1cccc(C)c1NC(=O)C[S@@](=O)CC(=O)O. The number of carbonyl (C=O) groups is 2. The number of rotatable bonds is 6. The number of hydrogen-bond acceptors (Lipinski definition) is 3. The Bertz CT molecular complexity index is 513. The number of amides is 1. The quantitative estimate of drug-likeness (QED) is 0.825. The van der Waals surface area contributed by atoms with Crippen molar-refractivity contribution < 1.29 is 18.9 Å². The molecule has 0 saturated heterocycles. The Kier molecular flexibility index (Phi) is 5.69. The van der Waals surface area contributed by atoms with Gasteiger partial charge in [-0.2, -0.15) is 0 Å². The lowest BCUT2D eigenvalue weighted by atomic mass is 10.1. The Hall–Kier alpha value is -1.69. The molecular formula is C13H17NO4S. The van der Waals surface area contributed by atoms with Crippen molar-refractivity contribution in [1.29, 1.82) is 0 Å². The van der Waals surface area contributed by atoms with Crippen LogP contribution < -0.4 is 5.32 Å². The fraction of sp³-hybridized carbons (Fsp3) is 0.385. The first-order chi connectivity index (χ1) is 8.93. The van der Waals surface area contributed by atoms with Crippen molar-refractivity contribution in [2.45, 2.75) is 20.3 Å². The lowest BCUT2D eigenvalue weighted by Crippen LogP contribution is -2.24. The van der Waals surface area contributed by atoms with Crippen LogP contribution in [0.15, 0.2) is 18.2 Å². The standard InChI is InChI=1S/C13H17NO4S/c1-3-10-6-4-5-9(2)13(10)14-11(15)7-19(18)8-12(16)17/h4-6H,3,7-8H2,1-2H3,(H,14,15)(H,16,17)/t19-/m1/s1. The molecule has 104 valence electrons. The summed E-state index contributed by atoms with van der Waals surface area (Å²) in [5.41, 5.74) is 2.65. The van der Waals surface area contributed by atoms with E-state index in [1.807, 2.05) is 32.0 Å². The molecule has 0 aliphatic rings. The van der Waals surface area contributed by atoms with E-state index in [4.69, 9.17) is 5.11 Å². The highest BCUT2D eigenvalue weighted by atomic mass is 32.2. The van der Waals surface area contributed by atoms with Crippen LogP contribution in [-0.4, -0.2) is 32.7 Å². The Balaban J connectivity index is 2.72. The van der Waals surface area contributed by atoms with Gasteiger partial charge in [0.1, 0.15) is 11.5 Å². The van der Waals surface area contributed by atoms with Gasteiger partial charge in [-0.05, 0) is 24.5 Å². The van der Waals surface area contributed by atoms with E-state index in [1.54, 1.807) is 0 Å². The molecule has 0 aliphatic heterocycles. The van der Waals surface area contributed by atoms with E-state index in [-0.39, 0.29) is 5.75 Å². The van der Waals surface area contributed by atoms with Gasteiger partial charge >= 0.3 is 5.97 Å². The summed E-state index contributed by atoms with van der Waals surface area (Å²) < 4.78 is 11.4. The molecule has 0 bridgehead atoms. The summed E-state index contributed by atoms with van der Waals surface area (Å²) in [4.78, 5) is 22.1. The first kappa shape index (κ1) is 15.4. The molecule has 5 nitrogen and oxygen atoms in total. The number of benzene rings is 1. The second-order valence-electron chi connectivity index (χ2n) is 4.13. The van der Waals surface area contributed by atoms with Crippen molar-refractivity contribution >= 4 is 28.4 Å². The molecule has 1 aromatic rings. The Morgan fingerprint density at radius 1 is 1.32 bits per heavy atom. The lowest BCUT2D eigenvalue weighted by molar-refractivity contribution is -0.133. The van der Waals surface area contributed by atoms with Crippen molar-refractivity contribution in [1.82, 2.24) is 0 Å². The van der Waals surface area contributed by atoms with E-state index in [9.17, 15) is 13.8 Å². The van der Waals surface area contributed by atoms with Gasteiger partial charge in [-0.3, -0.25) is 13.8 Å². The molecule has 0 fully saturated rings. The van der Waals surface area contributed by atoms with Crippen LogP contribution in [-0.2, 0) is 26.8 Å². The van der Waals surface area contributed by atoms with E-state index >= 15 is 0 Å². The minimum Gasteiger partial charge on any atom is -0.481 e. The van der Waals surface area contributed by atoms with Crippen LogP contribution in [0.5, 0.6) is 0 Å². The van der Waals surface area contributed by atoms with Gasteiger partial charge in [0.05, 0.1) is 0 Å². The number of nitrogens with one attached hydrogen (secondary N) is 1. The maximum atomic E-state index is 11.7. The lowest BCUT2D eigenvalue weighted by Gasteiger charge is -2.12. The van der Waals surface area contributed by atoms with Crippen LogP contribution >= 0.6 is 0 Å². The highest BCUT2D eigenvalue weighted by Gasteiger charge is 2.13. The zero-order valence-electron chi connectivity index (χ0n) is 10.9.